The SMILES string of the molecule is COc1ccccc1-c1nnc(COc2cccc3c2NC(=O)CO3)o1. The second kappa shape index (κ2) is 6.75. The van der Waals surface area contributed by atoms with E-state index in [-0.39, 0.29) is 19.1 Å². The first kappa shape index (κ1) is 15.9. The van der Waals surface area contributed by atoms with Gasteiger partial charge in [-0.3, -0.25) is 4.79 Å². The van der Waals surface area contributed by atoms with Crippen LogP contribution in [0.4, 0.5) is 5.69 Å². The van der Waals surface area contributed by atoms with Gasteiger partial charge in [-0.05, 0) is 24.3 Å². The molecule has 26 heavy (non-hydrogen) atoms. The fraction of sp³-hybridized carbons (Fsp3) is 0.167. The van der Waals surface area contributed by atoms with Gasteiger partial charge in [0.1, 0.15) is 22.9 Å². The van der Waals surface area contributed by atoms with E-state index in [0.717, 1.165) is 0 Å². The van der Waals surface area contributed by atoms with Crippen LogP contribution in [0.2, 0.25) is 0 Å². The molecule has 8 heteroatoms. The predicted octanol–water partition coefficient (Wildman–Crippen LogP) is 2.66. The van der Waals surface area contributed by atoms with Crippen LogP contribution in [0.25, 0.3) is 11.5 Å². The van der Waals surface area contributed by atoms with Crippen LogP contribution in [0.15, 0.2) is 46.9 Å². The zero-order chi connectivity index (χ0) is 17.9. The molecule has 0 bridgehead atoms. The van der Waals surface area contributed by atoms with Crippen molar-refractivity contribution in [3.8, 4) is 28.7 Å². The van der Waals surface area contributed by atoms with Crippen molar-refractivity contribution in [3.63, 3.8) is 0 Å². The smallest absolute Gasteiger partial charge is 0.262 e. The molecule has 0 unspecified atom stereocenters. The number of hydrogen-bond acceptors (Lipinski definition) is 7. The molecule has 0 radical (unpaired) electrons. The first-order valence-electron chi connectivity index (χ1n) is 7.89. The number of carbonyl (C=O) groups excluding carboxylic acids is 1. The lowest BCUT2D eigenvalue weighted by Crippen LogP contribution is -2.25. The summed E-state index contributed by atoms with van der Waals surface area (Å²) in [4.78, 5) is 11.5. The molecule has 0 saturated carbocycles. The van der Waals surface area contributed by atoms with Crippen molar-refractivity contribution in [2.75, 3.05) is 19.0 Å². The molecule has 2 heterocycles. The van der Waals surface area contributed by atoms with Crippen molar-refractivity contribution < 1.29 is 23.4 Å². The minimum absolute atomic E-state index is 0.0115. The minimum Gasteiger partial charge on any atom is -0.496 e. The van der Waals surface area contributed by atoms with Gasteiger partial charge in [-0.1, -0.05) is 18.2 Å². The number of nitrogens with zero attached hydrogens (tertiary/aromatic N) is 2. The number of methoxy groups -OCH3 is 1. The van der Waals surface area contributed by atoms with E-state index in [9.17, 15) is 4.79 Å². The molecular formula is C18H15N3O5. The summed E-state index contributed by atoms with van der Waals surface area (Å²) in [5.74, 6) is 2.07. The maximum atomic E-state index is 11.5. The number of para-hydroxylation sites is 2. The lowest BCUT2D eigenvalue weighted by atomic mass is 10.2. The maximum Gasteiger partial charge on any atom is 0.262 e. The zero-order valence-electron chi connectivity index (χ0n) is 13.9. The topological polar surface area (TPSA) is 95.7 Å². The van der Waals surface area contributed by atoms with Crippen LogP contribution in [0.5, 0.6) is 17.2 Å². The maximum absolute atomic E-state index is 11.5. The van der Waals surface area contributed by atoms with Crippen molar-refractivity contribution in [3.05, 3.63) is 48.4 Å². The Hall–Kier alpha value is -3.55. The highest BCUT2D eigenvalue weighted by molar-refractivity contribution is 5.97. The number of hydrogen-bond donors (Lipinski definition) is 1. The summed E-state index contributed by atoms with van der Waals surface area (Å²) >= 11 is 0. The molecule has 1 aliphatic rings. The Kier molecular flexibility index (Phi) is 4.14. The molecule has 0 aliphatic carbocycles. The van der Waals surface area contributed by atoms with E-state index in [1.54, 1.807) is 25.3 Å². The van der Waals surface area contributed by atoms with E-state index in [4.69, 9.17) is 18.6 Å². The molecule has 1 amide bonds. The first-order valence-corrected chi connectivity index (χ1v) is 7.89. The summed E-state index contributed by atoms with van der Waals surface area (Å²) in [6, 6.07) is 12.6. The number of rotatable bonds is 5. The largest absolute Gasteiger partial charge is 0.496 e. The number of aromatic nitrogens is 2. The number of ether oxygens (including phenoxy) is 3. The number of fused-ring (bicyclic) bond motifs is 1. The fourth-order valence-corrected chi connectivity index (χ4v) is 2.58. The number of amides is 1. The lowest BCUT2D eigenvalue weighted by molar-refractivity contribution is -0.118. The van der Waals surface area contributed by atoms with E-state index in [1.807, 2.05) is 24.3 Å². The van der Waals surface area contributed by atoms with E-state index >= 15 is 0 Å². The van der Waals surface area contributed by atoms with Crippen LogP contribution in [0, 0.1) is 0 Å². The number of benzene rings is 2. The van der Waals surface area contributed by atoms with Crippen molar-refractivity contribution in [1.29, 1.82) is 0 Å². The molecule has 1 aliphatic heterocycles. The van der Waals surface area contributed by atoms with Gasteiger partial charge < -0.3 is 23.9 Å². The molecule has 0 spiro atoms. The van der Waals surface area contributed by atoms with Gasteiger partial charge >= 0.3 is 0 Å². The van der Waals surface area contributed by atoms with Crippen molar-refractivity contribution in [2.45, 2.75) is 6.61 Å². The Morgan fingerprint density at radius 3 is 2.85 bits per heavy atom. The molecular weight excluding hydrogens is 338 g/mol. The molecule has 0 saturated heterocycles. The quantitative estimate of drug-likeness (QED) is 0.753. The van der Waals surface area contributed by atoms with Gasteiger partial charge in [0.15, 0.2) is 13.2 Å². The van der Waals surface area contributed by atoms with Crippen LogP contribution in [-0.4, -0.2) is 29.8 Å². The third-order valence-corrected chi connectivity index (χ3v) is 3.77. The highest BCUT2D eigenvalue weighted by Gasteiger charge is 2.20. The summed E-state index contributed by atoms with van der Waals surface area (Å²) in [6.45, 7) is 0.0385. The lowest BCUT2D eigenvalue weighted by Gasteiger charge is -2.20. The van der Waals surface area contributed by atoms with Crippen LogP contribution in [-0.2, 0) is 11.4 Å². The number of anilines is 1. The van der Waals surface area contributed by atoms with Gasteiger partial charge in [0.2, 0.25) is 0 Å². The van der Waals surface area contributed by atoms with Gasteiger partial charge in [0, 0.05) is 0 Å². The average molecular weight is 353 g/mol. The summed E-state index contributed by atoms with van der Waals surface area (Å²) in [6.07, 6.45) is 0. The van der Waals surface area contributed by atoms with Crippen molar-refractivity contribution in [2.24, 2.45) is 0 Å². The van der Waals surface area contributed by atoms with Gasteiger partial charge in [-0.25, -0.2) is 0 Å². The molecule has 0 atom stereocenters. The second-order valence-corrected chi connectivity index (χ2v) is 5.46. The minimum atomic E-state index is -0.232. The highest BCUT2D eigenvalue weighted by atomic mass is 16.5. The van der Waals surface area contributed by atoms with Crippen LogP contribution in [0.3, 0.4) is 0 Å². The average Bonchev–Trinajstić information content (AvgIpc) is 3.15. The Labute approximate surface area is 148 Å². The third kappa shape index (κ3) is 3.04. The van der Waals surface area contributed by atoms with Crippen molar-refractivity contribution in [1.82, 2.24) is 10.2 Å². The molecule has 8 nitrogen and oxygen atoms in total. The number of carbonyl (C=O) groups is 1. The number of nitrogens with one attached hydrogen (secondary N) is 1. The Balaban J connectivity index is 1.52. The van der Waals surface area contributed by atoms with Gasteiger partial charge in [-0.15, -0.1) is 10.2 Å². The molecule has 132 valence electrons. The molecule has 2 aromatic carbocycles. The van der Waals surface area contributed by atoms with Crippen LogP contribution >= 0.6 is 0 Å². The van der Waals surface area contributed by atoms with E-state index in [1.165, 1.54) is 0 Å². The van der Waals surface area contributed by atoms with E-state index in [2.05, 4.69) is 15.5 Å². The van der Waals surface area contributed by atoms with E-state index in [0.29, 0.717) is 40.3 Å². The summed E-state index contributed by atoms with van der Waals surface area (Å²) in [7, 11) is 1.58. The fourth-order valence-electron chi connectivity index (χ4n) is 2.58. The van der Waals surface area contributed by atoms with Crippen molar-refractivity contribution >= 4 is 11.6 Å². The molecule has 1 N–H and O–H groups in total. The summed E-state index contributed by atoms with van der Waals surface area (Å²) < 4.78 is 22.0. The second-order valence-electron chi connectivity index (χ2n) is 5.46. The monoisotopic (exact) mass is 353 g/mol. The standard InChI is InChI=1S/C18H15N3O5/c1-23-12-6-3-2-5-11(12)18-21-20-16(26-18)10-25-14-8-4-7-13-17(14)19-15(22)9-24-13/h2-8H,9-10H2,1H3,(H,19,22). The molecule has 1 aromatic heterocycles. The Morgan fingerprint density at radius 1 is 1.12 bits per heavy atom. The normalized spacial score (nSPS) is 12.7. The Bertz CT molecular complexity index is 954. The van der Waals surface area contributed by atoms with Gasteiger partial charge in [-0.2, -0.15) is 0 Å². The highest BCUT2D eigenvalue weighted by Crippen LogP contribution is 2.37. The first-order chi connectivity index (χ1) is 12.7. The zero-order valence-corrected chi connectivity index (χ0v) is 13.9. The Morgan fingerprint density at radius 2 is 1.96 bits per heavy atom. The van der Waals surface area contributed by atoms with Gasteiger partial charge in [0.05, 0.1) is 12.7 Å². The predicted molar refractivity (Wildman–Crippen MR) is 91.2 cm³/mol. The third-order valence-electron chi connectivity index (χ3n) is 3.77. The molecule has 0 fully saturated rings. The van der Waals surface area contributed by atoms with Gasteiger partial charge in [0.25, 0.3) is 17.7 Å². The summed E-state index contributed by atoms with van der Waals surface area (Å²) in [5.41, 5.74) is 1.19. The van der Waals surface area contributed by atoms with Crippen LogP contribution < -0.4 is 19.5 Å². The van der Waals surface area contributed by atoms with Crippen LogP contribution in [0.1, 0.15) is 5.89 Å². The molecule has 3 aromatic rings. The summed E-state index contributed by atoms with van der Waals surface area (Å²) in [5, 5.41) is 10.8. The van der Waals surface area contributed by atoms with E-state index < -0.39 is 0 Å². The molecule has 4 rings (SSSR count).